The number of carbonyl (C=O) groups excluding carboxylic acids is 1. The van der Waals surface area contributed by atoms with Crippen molar-refractivity contribution in [2.24, 2.45) is 5.41 Å². The van der Waals surface area contributed by atoms with Crippen molar-refractivity contribution in [1.29, 1.82) is 5.26 Å². The summed E-state index contributed by atoms with van der Waals surface area (Å²) in [7, 11) is 0. The van der Waals surface area contributed by atoms with Crippen molar-refractivity contribution < 1.29 is 9.72 Å². The minimum absolute atomic E-state index is 0.0198. The first-order chi connectivity index (χ1) is 9.09. The van der Waals surface area contributed by atoms with Crippen LogP contribution in [-0.2, 0) is 11.2 Å². The normalized spacial score (nSPS) is 22.2. The van der Waals surface area contributed by atoms with Gasteiger partial charge >= 0.3 is 0 Å². The van der Waals surface area contributed by atoms with E-state index in [9.17, 15) is 20.2 Å². The molecule has 0 aliphatic heterocycles. The number of nitro groups is 1. The third kappa shape index (κ3) is 2.48. The molecule has 0 bridgehead atoms. The predicted molar refractivity (Wildman–Crippen MR) is 68.3 cm³/mol. The number of nitriles is 1. The van der Waals surface area contributed by atoms with E-state index in [2.05, 4.69) is 6.07 Å². The fourth-order valence-electron chi connectivity index (χ4n) is 2.62. The number of carbonyl (C=O) groups is 1. The topological polar surface area (TPSA) is 84.0 Å². The van der Waals surface area contributed by atoms with E-state index in [0.29, 0.717) is 31.2 Å². The van der Waals surface area contributed by atoms with E-state index < -0.39 is 10.3 Å². The smallest absolute Gasteiger partial charge is 0.272 e. The van der Waals surface area contributed by atoms with Crippen molar-refractivity contribution in [1.82, 2.24) is 0 Å². The first-order valence-electron chi connectivity index (χ1n) is 6.26. The van der Waals surface area contributed by atoms with Crippen molar-refractivity contribution in [2.45, 2.75) is 32.1 Å². The van der Waals surface area contributed by atoms with Crippen LogP contribution in [0.1, 0.15) is 31.2 Å². The van der Waals surface area contributed by atoms with Crippen LogP contribution in [0, 0.1) is 26.9 Å². The van der Waals surface area contributed by atoms with Gasteiger partial charge in [-0.25, -0.2) is 0 Å². The second kappa shape index (κ2) is 5.19. The third-order valence-electron chi connectivity index (χ3n) is 3.76. The summed E-state index contributed by atoms with van der Waals surface area (Å²) in [6, 6.07) is 8.61. The molecule has 0 amide bonds. The van der Waals surface area contributed by atoms with Gasteiger partial charge in [-0.15, -0.1) is 0 Å². The molecular weight excluding hydrogens is 244 g/mol. The van der Waals surface area contributed by atoms with Crippen LogP contribution in [0.15, 0.2) is 24.3 Å². The van der Waals surface area contributed by atoms with E-state index in [1.807, 2.05) is 0 Å². The van der Waals surface area contributed by atoms with Gasteiger partial charge in [0, 0.05) is 18.1 Å². The molecule has 19 heavy (non-hydrogen) atoms. The van der Waals surface area contributed by atoms with E-state index in [-0.39, 0.29) is 11.5 Å². The molecule has 0 radical (unpaired) electrons. The number of Topliss-reactive ketones (excluding diaryl/α,β-unsaturated/α-hetero) is 1. The summed E-state index contributed by atoms with van der Waals surface area (Å²) >= 11 is 0. The molecular formula is C14H14N2O3. The molecule has 1 atom stereocenters. The second-order valence-electron chi connectivity index (χ2n) is 4.86. The lowest BCUT2D eigenvalue weighted by Gasteiger charge is -2.18. The summed E-state index contributed by atoms with van der Waals surface area (Å²) < 4.78 is 0. The number of aryl methyl sites for hydroxylation is 1. The highest BCUT2D eigenvalue weighted by Crippen LogP contribution is 2.39. The summed E-state index contributed by atoms with van der Waals surface area (Å²) in [5.41, 5.74) is -0.285. The predicted octanol–water partition coefficient (Wildman–Crippen LogP) is 2.79. The van der Waals surface area contributed by atoms with Crippen molar-refractivity contribution >= 4 is 11.5 Å². The average Bonchev–Trinajstić information content (AvgIpc) is 2.78. The molecule has 0 aromatic heterocycles. The summed E-state index contributed by atoms with van der Waals surface area (Å²) in [5.74, 6) is -0.0198. The Labute approximate surface area is 111 Å². The Morgan fingerprint density at radius 3 is 2.74 bits per heavy atom. The highest BCUT2D eigenvalue weighted by molar-refractivity contribution is 5.89. The molecule has 98 valence electrons. The SMILES string of the molecule is N#CC1(CCc2ccccc2[N+](=O)[O-])CCCC1=O. The molecule has 0 heterocycles. The van der Waals surface area contributed by atoms with Crippen LogP contribution in [0.4, 0.5) is 5.69 Å². The Morgan fingerprint density at radius 1 is 1.42 bits per heavy atom. The number of benzene rings is 1. The van der Waals surface area contributed by atoms with Gasteiger partial charge in [0.25, 0.3) is 5.69 Å². The number of nitro benzene ring substituents is 1. The number of rotatable bonds is 4. The van der Waals surface area contributed by atoms with E-state index in [4.69, 9.17) is 0 Å². The van der Waals surface area contributed by atoms with Crippen LogP contribution in [0.5, 0.6) is 0 Å². The molecule has 2 rings (SSSR count). The third-order valence-corrected chi connectivity index (χ3v) is 3.76. The zero-order valence-electron chi connectivity index (χ0n) is 10.5. The quantitative estimate of drug-likeness (QED) is 0.614. The molecule has 1 aliphatic rings. The van der Waals surface area contributed by atoms with Crippen molar-refractivity contribution in [3.05, 3.63) is 39.9 Å². The molecule has 0 spiro atoms. The molecule has 1 aromatic rings. The maximum atomic E-state index is 11.8. The number of hydrogen-bond donors (Lipinski definition) is 0. The van der Waals surface area contributed by atoms with Crippen LogP contribution in [-0.4, -0.2) is 10.7 Å². The molecule has 1 fully saturated rings. The van der Waals surface area contributed by atoms with Gasteiger partial charge in [-0.2, -0.15) is 5.26 Å². The molecule has 1 unspecified atom stereocenters. The second-order valence-corrected chi connectivity index (χ2v) is 4.86. The molecule has 5 nitrogen and oxygen atoms in total. The first-order valence-corrected chi connectivity index (χ1v) is 6.26. The number of hydrogen-bond acceptors (Lipinski definition) is 4. The number of ketones is 1. The van der Waals surface area contributed by atoms with Crippen LogP contribution in [0.25, 0.3) is 0 Å². The summed E-state index contributed by atoms with van der Waals surface area (Å²) in [4.78, 5) is 22.3. The Balaban J connectivity index is 2.17. The standard InChI is InChI=1S/C14H14N2O3/c15-10-14(8-3-6-13(14)17)9-7-11-4-1-2-5-12(11)16(18)19/h1-2,4-5H,3,6-9H2. The van der Waals surface area contributed by atoms with E-state index in [0.717, 1.165) is 6.42 Å². The van der Waals surface area contributed by atoms with E-state index in [1.165, 1.54) is 6.07 Å². The van der Waals surface area contributed by atoms with Gasteiger partial charge in [-0.05, 0) is 25.7 Å². The van der Waals surface area contributed by atoms with Crippen molar-refractivity contribution in [3.63, 3.8) is 0 Å². The zero-order chi connectivity index (χ0) is 13.9. The minimum Gasteiger partial charge on any atom is -0.298 e. The van der Waals surface area contributed by atoms with Crippen molar-refractivity contribution in [3.8, 4) is 6.07 Å². The Bertz CT molecular complexity index is 562. The number of para-hydroxylation sites is 1. The Kier molecular flexibility index (Phi) is 3.61. The average molecular weight is 258 g/mol. The maximum Gasteiger partial charge on any atom is 0.272 e. The molecule has 0 saturated heterocycles. The van der Waals surface area contributed by atoms with Crippen LogP contribution < -0.4 is 0 Å². The van der Waals surface area contributed by atoms with Crippen LogP contribution in [0.2, 0.25) is 0 Å². The lowest BCUT2D eigenvalue weighted by atomic mass is 9.81. The van der Waals surface area contributed by atoms with Crippen LogP contribution >= 0.6 is 0 Å². The Hall–Kier alpha value is -2.22. The largest absolute Gasteiger partial charge is 0.298 e. The van der Waals surface area contributed by atoms with Gasteiger partial charge in [0.05, 0.1) is 11.0 Å². The number of nitrogens with zero attached hydrogens (tertiary/aromatic N) is 2. The first kappa shape index (κ1) is 13.2. The highest BCUT2D eigenvalue weighted by Gasteiger charge is 2.42. The van der Waals surface area contributed by atoms with Gasteiger partial charge in [0.1, 0.15) is 5.41 Å². The maximum absolute atomic E-state index is 11.8. The van der Waals surface area contributed by atoms with Gasteiger partial charge in [-0.1, -0.05) is 18.2 Å². The molecule has 1 aliphatic carbocycles. The molecule has 1 aromatic carbocycles. The highest BCUT2D eigenvalue weighted by atomic mass is 16.6. The zero-order valence-corrected chi connectivity index (χ0v) is 10.5. The molecule has 5 heteroatoms. The van der Waals surface area contributed by atoms with E-state index >= 15 is 0 Å². The fourth-order valence-corrected chi connectivity index (χ4v) is 2.62. The van der Waals surface area contributed by atoms with Gasteiger partial charge in [-0.3, -0.25) is 14.9 Å². The van der Waals surface area contributed by atoms with Crippen LogP contribution in [0.3, 0.4) is 0 Å². The summed E-state index contributed by atoms with van der Waals surface area (Å²) in [6.45, 7) is 0. The van der Waals surface area contributed by atoms with Crippen molar-refractivity contribution in [2.75, 3.05) is 0 Å². The summed E-state index contributed by atoms with van der Waals surface area (Å²) in [5, 5.41) is 20.1. The lowest BCUT2D eigenvalue weighted by Crippen LogP contribution is -2.24. The monoisotopic (exact) mass is 258 g/mol. The van der Waals surface area contributed by atoms with Gasteiger partial charge in [0.15, 0.2) is 5.78 Å². The Morgan fingerprint density at radius 2 is 2.16 bits per heavy atom. The fraction of sp³-hybridized carbons (Fsp3) is 0.429. The molecule has 0 N–H and O–H groups in total. The van der Waals surface area contributed by atoms with Gasteiger partial charge < -0.3 is 0 Å². The van der Waals surface area contributed by atoms with E-state index in [1.54, 1.807) is 18.2 Å². The molecule has 1 saturated carbocycles. The van der Waals surface area contributed by atoms with Gasteiger partial charge in [0.2, 0.25) is 0 Å². The summed E-state index contributed by atoms with van der Waals surface area (Å²) in [6.07, 6.45) is 2.51. The minimum atomic E-state index is -0.927. The lowest BCUT2D eigenvalue weighted by molar-refractivity contribution is -0.385.